The quantitative estimate of drug-likeness (QED) is 0.887. The van der Waals surface area contributed by atoms with E-state index >= 15 is 0 Å². The van der Waals surface area contributed by atoms with Crippen molar-refractivity contribution in [2.45, 2.75) is 13.0 Å². The smallest absolute Gasteiger partial charge is 0.225 e. The van der Waals surface area contributed by atoms with Gasteiger partial charge in [-0.25, -0.2) is 8.78 Å². The summed E-state index contributed by atoms with van der Waals surface area (Å²) in [7, 11) is 1.85. The molecule has 0 heterocycles. The number of nitrogens with zero attached hydrogens (tertiary/aromatic N) is 1. The number of rotatable bonds is 6. The Labute approximate surface area is 128 Å². The molecule has 0 saturated carbocycles. The zero-order chi connectivity index (χ0) is 15.9. The third-order valence-electron chi connectivity index (χ3n) is 3.21. The largest absolute Gasteiger partial charge is 0.324 e. The third-order valence-corrected chi connectivity index (χ3v) is 3.21. The van der Waals surface area contributed by atoms with Gasteiger partial charge in [0.25, 0.3) is 0 Å². The number of benzene rings is 2. The number of carbonyl (C=O) groups excluding carboxylic acids is 1. The third kappa shape index (κ3) is 4.93. The lowest BCUT2D eigenvalue weighted by Gasteiger charge is -2.16. The number of anilines is 1. The Morgan fingerprint density at radius 2 is 1.91 bits per heavy atom. The van der Waals surface area contributed by atoms with Crippen LogP contribution in [0.5, 0.6) is 0 Å². The van der Waals surface area contributed by atoms with E-state index in [1.807, 2.05) is 18.0 Å². The molecule has 0 radical (unpaired) electrons. The summed E-state index contributed by atoms with van der Waals surface area (Å²) in [5, 5.41) is 2.54. The highest BCUT2D eigenvalue weighted by molar-refractivity contribution is 5.90. The molecule has 5 heteroatoms. The maximum atomic E-state index is 13.4. The Balaban J connectivity index is 1.79. The van der Waals surface area contributed by atoms with Crippen LogP contribution in [-0.4, -0.2) is 24.4 Å². The second-order valence-electron chi connectivity index (χ2n) is 5.15. The summed E-state index contributed by atoms with van der Waals surface area (Å²) >= 11 is 0. The summed E-state index contributed by atoms with van der Waals surface area (Å²) in [5.41, 5.74) is 1.03. The van der Waals surface area contributed by atoms with Crippen LogP contribution in [0.1, 0.15) is 12.0 Å². The minimum absolute atomic E-state index is 0.181. The normalized spacial score (nSPS) is 10.7. The molecular formula is C17H18F2N2O. The van der Waals surface area contributed by atoms with Crippen LogP contribution in [0, 0.1) is 11.6 Å². The van der Waals surface area contributed by atoms with Crippen molar-refractivity contribution >= 4 is 11.6 Å². The Bertz CT molecular complexity index is 646. The van der Waals surface area contributed by atoms with Gasteiger partial charge in [-0.2, -0.15) is 0 Å². The second kappa shape index (κ2) is 7.66. The van der Waals surface area contributed by atoms with Crippen molar-refractivity contribution in [1.29, 1.82) is 0 Å². The van der Waals surface area contributed by atoms with Crippen LogP contribution in [0.15, 0.2) is 48.5 Å². The number of hydrogen-bond acceptors (Lipinski definition) is 2. The summed E-state index contributed by atoms with van der Waals surface area (Å²) in [4.78, 5) is 13.7. The molecule has 2 rings (SSSR count). The summed E-state index contributed by atoms with van der Waals surface area (Å²) in [5.74, 6) is -0.983. The second-order valence-corrected chi connectivity index (χ2v) is 5.15. The van der Waals surface area contributed by atoms with E-state index in [0.717, 1.165) is 5.56 Å². The molecule has 1 amide bonds. The molecule has 0 aromatic heterocycles. The van der Waals surface area contributed by atoms with Gasteiger partial charge in [-0.3, -0.25) is 4.79 Å². The van der Waals surface area contributed by atoms with Crippen LogP contribution in [0.3, 0.4) is 0 Å². The van der Waals surface area contributed by atoms with Crippen LogP contribution >= 0.6 is 0 Å². The molecule has 0 spiro atoms. The van der Waals surface area contributed by atoms with E-state index in [0.29, 0.717) is 13.1 Å². The van der Waals surface area contributed by atoms with Gasteiger partial charge in [0.1, 0.15) is 11.6 Å². The van der Waals surface area contributed by atoms with Gasteiger partial charge < -0.3 is 10.2 Å². The first-order valence-corrected chi connectivity index (χ1v) is 7.02. The molecule has 1 N–H and O–H groups in total. The predicted octanol–water partition coefficient (Wildman–Crippen LogP) is 3.43. The standard InChI is InChI=1S/C17H18F2N2O/c1-21(12-13-5-4-6-14(18)11-13)10-9-17(22)20-16-8-3-2-7-15(16)19/h2-8,11H,9-10,12H2,1H3,(H,20,22). The lowest BCUT2D eigenvalue weighted by molar-refractivity contribution is -0.116. The van der Waals surface area contributed by atoms with Gasteiger partial charge in [0.2, 0.25) is 5.91 Å². The van der Waals surface area contributed by atoms with Gasteiger partial charge >= 0.3 is 0 Å². The molecule has 116 valence electrons. The highest BCUT2D eigenvalue weighted by Crippen LogP contribution is 2.12. The average molecular weight is 304 g/mol. The molecule has 2 aromatic carbocycles. The SMILES string of the molecule is CN(CCC(=O)Nc1ccccc1F)Cc1cccc(F)c1. The average Bonchev–Trinajstić information content (AvgIpc) is 2.48. The molecule has 0 saturated heterocycles. The maximum Gasteiger partial charge on any atom is 0.225 e. The number of carbonyl (C=O) groups is 1. The lowest BCUT2D eigenvalue weighted by atomic mass is 10.2. The fourth-order valence-corrected chi connectivity index (χ4v) is 2.09. The molecule has 0 bridgehead atoms. The first kappa shape index (κ1) is 16.1. The molecule has 3 nitrogen and oxygen atoms in total. The van der Waals surface area contributed by atoms with Crippen molar-refractivity contribution in [2.24, 2.45) is 0 Å². The molecule has 0 aliphatic rings. The molecule has 2 aromatic rings. The summed E-state index contributed by atoms with van der Waals surface area (Å²) in [6.45, 7) is 1.04. The Kier molecular flexibility index (Phi) is 5.61. The Hall–Kier alpha value is -2.27. The lowest BCUT2D eigenvalue weighted by Crippen LogP contribution is -2.24. The van der Waals surface area contributed by atoms with Crippen molar-refractivity contribution in [3.05, 3.63) is 65.7 Å². The fourth-order valence-electron chi connectivity index (χ4n) is 2.09. The maximum absolute atomic E-state index is 13.4. The van der Waals surface area contributed by atoms with Crippen molar-refractivity contribution in [2.75, 3.05) is 18.9 Å². The molecule has 0 fully saturated rings. The molecular weight excluding hydrogens is 286 g/mol. The van der Waals surface area contributed by atoms with E-state index < -0.39 is 5.82 Å². The van der Waals surface area contributed by atoms with Gasteiger partial charge in [-0.15, -0.1) is 0 Å². The number of hydrogen-bond donors (Lipinski definition) is 1. The van der Waals surface area contributed by atoms with E-state index in [9.17, 15) is 13.6 Å². The van der Waals surface area contributed by atoms with Gasteiger partial charge in [-0.05, 0) is 36.9 Å². The number of amides is 1. The van der Waals surface area contributed by atoms with E-state index in [2.05, 4.69) is 5.32 Å². The van der Waals surface area contributed by atoms with Crippen LogP contribution in [-0.2, 0) is 11.3 Å². The van der Waals surface area contributed by atoms with E-state index in [1.54, 1.807) is 18.2 Å². The van der Waals surface area contributed by atoms with Gasteiger partial charge in [0.05, 0.1) is 5.69 Å². The number of para-hydroxylation sites is 1. The van der Waals surface area contributed by atoms with E-state index in [1.165, 1.54) is 24.3 Å². The monoisotopic (exact) mass is 304 g/mol. The predicted molar refractivity (Wildman–Crippen MR) is 82.4 cm³/mol. The highest BCUT2D eigenvalue weighted by atomic mass is 19.1. The molecule has 22 heavy (non-hydrogen) atoms. The van der Waals surface area contributed by atoms with Crippen LogP contribution in [0.4, 0.5) is 14.5 Å². The van der Waals surface area contributed by atoms with E-state index in [4.69, 9.17) is 0 Å². The van der Waals surface area contributed by atoms with Crippen LogP contribution in [0.25, 0.3) is 0 Å². The first-order chi connectivity index (χ1) is 10.5. The van der Waals surface area contributed by atoms with Crippen molar-refractivity contribution < 1.29 is 13.6 Å². The number of nitrogens with one attached hydrogen (secondary N) is 1. The highest BCUT2D eigenvalue weighted by Gasteiger charge is 2.08. The van der Waals surface area contributed by atoms with Crippen molar-refractivity contribution in [3.63, 3.8) is 0 Å². The topological polar surface area (TPSA) is 32.3 Å². The molecule has 0 atom stereocenters. The summed E-state index contributed by atoms with van der Waals surface area (Å²) in [6, 6.07) is 12.4. The van der Waals surface area contributed by atoms with Crippen LogP contribution in [0.2, 0.25) is 0 Å². The first-order valence-electron chi connectivity index (χ1n) is 7.02. The zero-order valence-corrected chi connectivity index (χ0v) is 12.4. The summed E-state index contributed by atoms with van der Waals surface area (Å²) in [6.07, 6.45) is 0.236. The minimum Gasteiger partial charge on any atom is -0.324 e. The fraction of sp³-hybridized carbons (Fsp3) is 0.235. The Morgan fingerprint density at radius 1 is 1.14 bits per heavy atom. The van der Waals surface area contributed by atoms with Gasteiger partial charge in [0, 0.05) is 19.5 Å². The molecule has 0 unspecified atom stereocenters. The van der Waals surface area contributed by atoms with Crippen molar-refractivity contribution in [3.8, 4) is 0 Å². The summed E-state index contributed by atoms with van der Waals surface area (Å²) < 4.78 is 26.5. The minimum atomic E-state index is -0.455. The van der Waals surface area contributed by atoms with E-state index in [-0.39, 0.29) is 23.8 Å². The molecule has 0 aliphatic carbocycles. The van der Waals surface area contributed by atoms with Crippen LogP contribution < -0.4 is 5.32 Å². The number of halogens is 2. The zero-order valence-electron chi connectivity index (χ0n) is 12.4. The molecule has 0 aliphatic heterocycles. The van der Waals surface area contributed by atoms with Crippen molar-refractivity contribution in [1.82, 2.24) is 4.90 Å². The Morgan fingerprint density at radius 3 is 2.64 bits per heavy atom. The van der Waals surface area contributed by atoms with Gasteiger partial charge in [-0.1, -0.05) is 24.3 Å². The van der Waals surface area contributed by atoms with Gasteiger partial charge in [0.15, 0.2) is 0 Å².